The van der Waals surface area contributed by atoms with Gasteiger partial charge in [0.05, 0.1) is 12.4 Å². The van der Waals surface area contributed by atoms with Gasteiger partial charge in [-0.25, -0.2) is 13.5 Å². The molecular formula is C4H9FO7P2. The van der Waals surface area contributed by atoms with Crippen LogP contribution in [0.15, 0.2) is 12.4 Å². The molecule has 0 heterocycles. The quantitative estimate of drug-likeness (QED) is 0.604. The molecule has 10 heteroatoms. The summed E-state index contributed by atoms with van der Waals surface area (Å²) in [6.45, 7) is 2.27. The molecule has 0 aliphatic heterocycles. The first-order valence-corrected chi connectivity index (χ1v) is 6.22. The summed E-state index contributed by atoms with van der Waals surface area (Å²) in [4.78, 5) is 24.9. The molecule has 0 aliphatic carbocycles. The Kier molecular flexibility index (Phi) is 5.11. The van der Waals surface area contributed by atoms with Crippen LogP contribution in [0.5, 0.6) is 0 Å². The van der Waals surface area contributed by atoms with Gasteiger partial charge in [-0.2, -0.15) is 4.31 Å². The lowest BCUT2D eigenvalue weighted by molar-refractivity contribution is 0.178. The standard InChI is InChI=1S/C4H9FO7P2/c1-4(5)2-3-11-14(9,10)12-13(6,7)8/h1-3H2,(H,9,10)(H2,6,7,8). The molecule has 0 aliphatic rings. The van der Waals surface area contributed by atoms with E-state index in [2.05, 4.69) is 15.4 Å². The topological polar surface area (TPSA) is 113 Å². The van der Waals surface area contributed by atoms with Crippen LogP contribution in [0.25, 0.3) is 0 Å². The van der Waals surface area contributed by atoms with Crippen molar-refractivity contribution >= 4 is 15.6 Å². The molecule has 0 rings (SSSR count). The number of hydrogen-bond donors (Lipinski definition) is 3. The summed E-state index contributed by atoms with van der Waals surface area (Å²) in [6, 6.07) is 0. The molecule has 0 fully saturated rings. The largest absolute Gasteiger partial charge is 0.481 e. The fraction of sp³-hybridized carbons (Fsp3) is 0.500. The van der Waals surface area contributed by atoms with Gasteiger partial charge in [-0.3, -0.25) is 4.52 Å². The van der Waals surface area contributed by atoms with Crippen molar-refractivity contribution in [1.82, 2.24) is 0 Å². The first-order chi connectivity index (χ1) is 6.12. The third-order valence-corrected chi connectivity index (χ3v) is 3.02. The smallest absolute Gasteiger partial charge is 0.302 e. The highest BCUT2D eigenvalue weighted by atomic mass is 31.3. The number of hydrogen-bond acceptors (Lipinski definition) is 4. The van der Waals surface area contributed by atoms with Gasteiger partial charge in [0.25, 0.3) is 0 Å². The van der Waals surface area contributed by atoms with E-state index in [4.69, 9.17) is 14.7 Å². The maximum atomic E-state index is 12.0. The Hall–Kier alpha value is -0.0700. The summed E-state index contributed by atoms with van der Waals surface area (Å²) in [6.07, 6.45) is -0.366. The van der Waals surface area contributed by atoms with Crippen molar-refractivity contribution in [3.63, 3.8) is 0 Å². The maximum absolute atomic E-state index is 12.0. The lowest BCUT2D eigenvalue weighted by atomic mass is 10.4. The van der Waals surface area contributed by atoms with Crippen LogP contribution in [-0.4, -0.2) is 21.3 Å². The lowest BCUT2D eigenvalue weighted by Crippen LogP contribution is -1.95. The predicted octanol–water partition coefficient (Wildman–Crippen LogP) is 1.09. The molecule has 0 spiro atoms. The van der Waals surface area contributed by atoms with Gasteiger partial charge >= 0.3 is 15.6 Å². The SMILES string of the molecule is C=C(F)CCOP(=O)(O)OP(=O)(O)O. The van der Waals surface area contributed by atoms with Crippen molar-refractivity contribution in [2.75, 3.05) is 6.61 Å². The molecule has 0 saturated heterocycles. The molecule has 0 bridgehead atoms. The van der Waals surface area contributed by atoms with Gasteiger partial charge in [0, 0.05) is 6.42 Å². The zero-order valence-corrected chi connectivity index (χ0v) is 8.66. The molecule has 1 atom stereocenters. The fourth-order valence-corrected chi connectivity index (χ4v) is 2.02. The molecule has 84 valence electrons. The number of phosphoric acid groups is 2. The van der Waals surface area contributed by atoms with Crippen molar-refractivity contribution in [3.05, 3.63) is 12.4 Å². The number of rotatable bonds is 6. The Labute approximate surface area is 79.0 Å². The first-order valence-electron chi connectivity index (χ1n) is 3.20. The van der Waals surface area contributed by atoms with Crippen LogP contribution in [0.1, 0.15) is 6.42 Å². The van der Waals surface area contributed by atoms with Gasteiger partial charge in [0.1, 0.15) is 0 Å². The van der Waals surface area contributed by atoms with Gasteiger partial charge in [-0.1, -0.05) is 6.58 Å². The normalized spacial score (nSPS) is 16.3. The van der Waals surface area contributed by atoms with E-state index >= 15 is 0 Å². The van der Waals surface area contributed by atoms with Crippen molar-refractivity contribution < 1.29 is 37.0 Å². The summed E-state index contributed by atoms with van der Waals surface area (Å²) >= 11 is 0. The van der Waals surface area contributed by atoms with Crippen molar-refractivity contribution in [3.8, 4) is 0 Å². The highest BCUT2D eigenvalue weighted by molar-refractivity contribution is 7.60. The van der Waals surface area contributed by atoms with Crippen LogP contribution in [0.4, 0.5) is 4.39 Å². The summed E-state index contributed by atoms with van der Waals surface area (Å²) in [5.41, 5.74) is 0. The molecular weight excluding hydrogens is 241 g/mol. The van der Waals surface area contributed by atoms with Crippen molar-refractivity contribution in [1.29, 1.82) is 0 Å². The third kappa shape index (κ3) is 8.52. The molecule has 0 radical (unpaired) electrons. The monoisotopic (exact) mass is 250 g/mol. The van der Waals surface area contributed by atoms with Gasteiger partial charge in [-0.05, 0) is 0 Å². The minimum atomic E-state index is -5.11. The zero-order valence-electron chi connectivity index (χ0n) is 6.87. The van der Waals surface area contributed by atoms with Gasteiger partial charge in [-0.15, -0.1) is 0 Å². The summed E-state index contributed by atoms with van der Waals surface area (Å²) in [5, 5.41) is 0. The van der Waals surface area contributed by atoms with E-state index in [0.29, 0.717) is 0 Å². The number of halogens is 1. The Morgan fingerprint density at radius 2 is 1.86 bits per heavy atom. The Morgan fingerprint density at radius 3 is 2.21 bits per heavy atom. The van der Waals surface area contributed by atoms with Crippen LogP contribution in [0.3, 0.4) is 0 Å². The Balaban J connectivity index is 4.03. The summed E-state index contributed by atoms with van der Waals surface area (Å²) < 4.78 is 40.2. The molecule has 1 unspecified atom stereocenters. The molecule has 0 aromatic carbocycles. The van der Waals surface area contributed by atoms with Gasteiger partial charge in [0.15, 0.2) is 0 Å². The zero-order chi connectivity index (χ0) is 11.4. The van der Waals surface area contributed by atoms with E-state index in [1.54, 1.807) is 0 Å². The average Bonchev–Trinajstić information content (AvgIpc) is 1.78. The molecule has 0 saturated carbocycles. The molecule has 7 nitrogen and oxygen atoms in total. The van der Waals surface area contributed by atoms with Crippen LogP contribution >= 0.6 is 15.6 Å². The molecule has 14 heavy (non-hydrogen) atoms. The molecule has 0 aromatic heterocycles. The van der Waals surface area contributed by atoms with Crippen molar-refractivity contribution in [2.24, 2.45) is 0 Å². The second kappa shape index (κ2) is 5.14. The lowest BCUT2D eigenvalue weighted by Gasteiger charge is -2.11. The van der Waals surface area contributed by atoms with Crippen molar-refractivity contribution in [2.45, 2.75) is 6.42 Å². The van der Waals surface area contributed by atoms with E-state index in [0.717, 1.165) is 0 Å². The van der Waals surface area contributed by atoms with Crippen LogP contribution in [0, 0.1) is 0 Å². The summed E-state index contributed by atoms with van der Waals surface area (Å²) in [5.74, 6) is -0.791. The van der Waals surface area contributed by atoms with E-state index in [1.165, 1.54) is 0 Å². The van der Waals surface area contributed by atoms with Crippen LogP contribution in [0.2, 0.25) is 0 Å². The minimum absolute atomic E-state index is 0.366. The van der Waals surface area contributed by atoms with E-state index in [1.807, 2.05) is 0 Å². The minimum Gasteiger partial charge on any atom is -0.302 e. The van der Waals surface area contributed by atoms with E-state index < -0.39 is 28.1 Å². The molecule has 0 aromatic rings. The average molecular weight is 250 g/mol. The fourth-order valence-electron chi connectivity index (χ4n) is 0.430. The third-order valence-electron chi connectivity index (χ3n) is 0.837. The summed E-state index contributed by atoms with van der Waals surface area (Å²) in [7, 11) is -9.95. The number of phosphoric ester groups is 1. The molecule has 3 N–H and O–H groups in total. The van der Waals surface area contributed by atoms with Crippen LogP contribution in [-0.2, 0) is 18.0 Å². The van der Waals surface area contributed by atoms with E-state index in [-0.39, 0.29) is 6.42 Å². The highest BCUT2D eigenvalue weighted by Crippen LogP contribution is 2.57. The maximum Gasteiger partial charge on any atom is 0.481 e. The molecule has 0 amide bonds. The van der Waals surface area contributed by atoms with Gasteiger partial charge < -0.3 is 14.7 Å². The second-order valence-electron chi connectivity index (χ2n) is 2.14. The van der Waals surface area contributed by atoms with Crippen LogP contribution < -0.4 is 0 Å². The van der Waals surface area contributed by atoms with E-state index in [9.17, 15) is 13.5 Å². The first kappa shape index (κ1) is 13.9. The predicted molar refractivity (Wildman–Crippen MR) is 43.8 cm³/mol. The second-order valence-corrected chi connectivity index (χ2v) is 4.97. The van der Waals surface area contributed by atoms with Gasteiger partial charge in [0.2, 0.25) is 0 Å². The Morgan fingerprint density at radius 1 is 1.36 bits per heavy atom. The highest BCUT2D eigenvalue weighted by Gasteiger charge is 2.31. The Bertz CT molecular complexity index is 296.